The van der Waals surface area contributed by atoms with Crippen molar-refractivity contribution in [2.75, 3.05) is 0 Å². The molecule has 0 bridgehead atoms. The van der Waals surface area contributed by atoms with Crippen LogP contribution in [0.4, 0.5) is 0 Å². The summed E-state index contributed by atoms with van der Waals surface area (Å²) in [7, 11) is 0. The monoisotopic (exact) mass is 351 g/mol. The Hall–Kier alpha value is -3.09. The molecule has 3 aromatic rings. The molecule has 1 amide bonds. The van der Waals surface area contributed by atoms with Crippen molar-refractivity contribution < 1.29 is 4.79 Å². The van der Waals surface area contributed by atoms with Gasteiger partial charge in [0, 0.05) is 25.0 Å². The number of pyridine rings is 1. The quantitative estimate of drug-likeness (QED) is 0.679. The van der Waals surface area contributed by atoms with E-state index in [0.717, 1.165) is 16.7 Å². The van der Waals surface area contributed by atoms with Crippen molar-refractivity contribution in [3.63, 3.8) is 0 Å². The Labute approximate surface area is 151 Å². The number of rotatable bonds is 6. The fourth-order valence-electron chi connectivity index (χ4n) is 2.74. The van der Waals surface area contributed by atoms with Crippen LogP contribution in [0.5, 0.6) is 0 Å². The summed E-state index contributed by atoms with van der Waals surface area (Å²) in [5, 5.41) is 8.41. The van der Waals surface area contributed by atoms with Crippen molar-refractivity contribution in [3.8, 4) is 0 Å². The average Bonchev–Trinajstić information content (AvgIpc) is 2.68. The van der Waals surface area contributed by atoms with Crippen LogP contribution in [-0.4, -0.2) is 36.8 Å². The summed E-state index contributed by atoms with van der Waals surface area (Å²) in [6.45, 7) is 4.35. The molecular formula is C19H21N5O2. The molecule has 1 aromatic carbocycles. The SMILES string of the molecule is CC[C@@H](C)N(Cc1ccncc1)C(=O)Cn1nnc2ccccc2c1=O. The van der Waals surface area contributed by atoms with Gasteiger partial charge in [-0.05, 0) is 43.2 Å². The molecule has 0 aliphatic heterocycles. The standard InChI is InChI=1S/C19H21N5O2/c1-3-14(2)23(12-15-8-10-20-11-9-15)18(25)13-24-19(26)16-6-4-5-7-17(16)21-22-24/h4-11,14H,3,12-13H2,1-2H3/t14-/m1/s1. The Morgan fingerprint density at radius 2 is 1.92 bits per heavy atom. The van der Waals surface area contributed by atoms with Crippen LogP contribution in [-0.2, 0) is 17.9 Å². The third kappa shape index (κ3) is 3.77. The van der Waals surface area contributed by atoms with Crippen LogP contribution in [0.25, 0.3) is 10.9 Å². The molecule has 0 N–H and O–H groups in total. The molecule has 3 rings (SSSR count). The van der Waals surface area contributed by atoms with E-state index in [9.17, 15) is 9.59 Å². The molecule has 0 aliphatic rings. The smallest absolute Gasteiger partial charge is 0.278 e. The van der Waals surface area contributed by atoms with Gasteiger partial charge in [0.05, 0.1) is 5.39 Å². The van der Waals surface area contributed by atoms with E-state index in [4.69, 9.17) is 0 Å². The summed E-state index contributed by atoms with van der Waals surface area (Å²) in [4.78, 5) is 31.2. The lowest BCUT2D eigenvalue weighted by atomic mass is 10.1. The number of carbonyl (C=O) groups excluding carboxylic acids is 1. The molecule has 0 radical (unpaired) electrons. The lowest BCUT2D eigenvalue weighted by molar-refractivity contribution is -0.135. The summed E-state index contributed by atoms with van der Waals surface area (Å²) >= 11 is 0. The van der Waals surface area contributed by atoms with Crippen LogP contribution in [0.2, 0.25) is 0 Å². The van der Waals surface area contributed by atoms with Crippen molar-refractivity contribution >= 4 is 16.8 Å². The van der Waals surface area contributed by atoms with E-state index in [-0.39, 0.29) is 24.1 Å². The first kappa shape index (κ1) is 17.7. The van der Waals surface area contributed by atoms with Gasteiger partial charge in [0.1, 0.15) is 12.1 Å². The molecule has 0 fully saturated rings. The topological polar surface area (TPSA) is 81.0 Å². The summed E-state index contributed by atoms with van der Waals surface area (Å²) in [6.07, 6.45) is 4.22. The lowest BCUT2D eigenvalue weighted by Gasteiger charge is -2.28. The lowest BCUT2D eigenvalue weighted by Crippen LogP contribution is -2.42. The number of amides is 1. The summed E-state index contributed by atoms with van der Waals surface area (Å²) in [5.74, 6) is -0.164. The Kier molecular flexibility index (Phi) is 5.36. The fraction of sp³-hybridized carbons (Fsp3) is 0.316. The zero-order valence-corrected chi connectivity index (χ0v) is 14.9. The van der Waals surface area contributed by atoms with Crippen LogP contribution < -0.4 is 5.56 Å². The molecular weight excluding hydrogens is 330 g/mol. The Balaban J connectivity index is 1.86. The largest absolute Gasteiger partial charge is 0.334 e. The average molecular weight is 351 g/mol. The van der Waals surface area contributed by atoms with E-state index in [1.54, 1.807) is 41.6 Å². The van der Waals surface area contributed by atoms with E-state index in [1.807, 2.05) is 26.0 Å². The number of fused-ring (bicyclic) bond motifs is 1. The minimum absolute atomic E-state index is 0.0415. The van der Waals surface area contributed by atoms with Crippen molar-refractivity contribution in [2.24, 2.45) is 0 Å². The molecule has 1 atom stereocenters. The van der Waals surface area contributed by atoms with Crippen molar-refractivity contribution in [3.05, 3.63) is 64.7 Å². The summed E-state index contributed by atoms with van der Waals surface area (Å²) in [6, 6.07) is 10.8. The number of hydrogen-bond acceptors (Lipinski definition) is 5. The number of aromatic nitrogens is 4. The number of benzene rings is 1. The van der Waals surface area contributed by atoms with Gasteiger partial charge in [-0.2, -0.15) is 0 Å². The maximum atomic E-state index is 12.9. The first-order valence-electron chi connectivity index (χ1n) is 8.61. The number of hydrogen-bond donors (Lipinski definition) is 0. The normalized spacial score (nSPS) is 12.1. The van der Waals surface area contributed by atoms with Gasteiger partial charge in [0.2, 0.25) is 5.91 Å². The van der Waals surface area contributed by atoms with Gasteiger partial charge in [-0.1, -0.05) is 24.3 Å². The second-order valence-electron chi connectivity index (χ2n) is 6.20. The van der Waals surface area contributed by atoms with Gasteiger partial charge < -0.3 is 4.90 Å². The van der Waals surface area contributed by atoms with E-state index < -0.39 is 0 Å². The highest BCUT2D eigenvalue weighted by atomic mass is 16.2. The van der Waals surface area contributed by atoms with Crippen LogP contribution in [0, 0.1) is 0 Å². The third-order valence-corrected chi connectivity index (χ3v) is 4.46. The molecule has 0 unspecified atom stereocenters. The van der Waals surface area contributed by atoms with Crippen LogP contribution in [0.15, 0.2) is 53.6 Å². The molecule has 0 spiro atoms. The molecule has 134 valence electrons. The zero-order valence-electron chi connectivity index (χ0n) is 14.9. The van der Waals surface area contributed by atoms with Gasteiger partial charge in [-0.25, -0.2) is 4.68 Å². The summed E-state index contributed by atoms with van der Waals surface area (Å²) in [5.41, 5.74) is 1.21. The predicted octanol–water partition coefficient (Wildman–Crippen LogP) is 2.01. The summed E-state index contributed by atoms with van der Waals surface area (Å²) < 4.78 is 1.13. The predicted molar refractivity (Wildman–Crippen MR) is 98.3 cm³/mol. The number of nitrogens with zero attached hydrogens (tertiary/aromatic N) is 5. The molecule has 7 heteroatoms. The molecule has 2 aromatic heterocycles. The molecule has 2 heterocycles. The van der Waals surface area contributed by atoms with Gasteiger partial charge in [-0.3, -0.25) is 14.6 Å². The Morgan fingerprint density at radius 1 is 1.19 bits per heavy atom. The molecule has 0 saturated carbocycles. The van der Waals surface area contributed by atoms with E-state index in [1.165, 1.54) is 0 Å². The second kappa shape index (κ2) is 7.86. The van der Waals surface area contributed by atoms with Crippen LogP contribution >= 0.6 is 0 Å². The molecule has 7 nitrogen and oxygen atoms in total. The van der Waals surface area contributed by atoms with Crippen molar-refractivity contribution in [1.29, 1.82) is 0 Å². The van der Waals surface area contributed by atoms with Crippen LogP contribution in [0.3, 0.4) is 0 Å². The highest BCUT2D eigenvalue weighted by Crippen LogP contribution is 2.11. The van der Waals surface area contributed by atoms with Crippen LogP contribution in [0.1, 0.15) is 25.8 Å². The highest BCUT2D eigenvalue weighted by molar-refractivity contribution is 5.78. The molecule has 0 aliphatic carbocycles. The van der Waals surface area contributed by atoms with Gasteiger partial charge in [-0.15, -0.1) is 5.10 Å². The molecule has 0 saturated heterocycles. The van der Waals surface area contributed by atoms with E-state index in [0.29, 0.717) is 17.4 Å². The van der Waals surface area contributed by atoms with Gasteiger partial charge >= 0.3 is 0 Å². The third-order valence-electron chi connectivity index (χ3n) is 4.46. The van der Waals surface area contributed by atoms with E-state index >= 15 is 0 Å². The zero-order chi connectivity index (χ0) is 18.5. The second-order valence-corrected chi connectivity index (χ2v) is 6.20. The first-order valence-corrected chi connectivity index (χ1v) is 8.61. The first-order chi connectivity index (χ1) is 12.6. The maximum Gasteiger partial charge on any atom is 0.278 e. The van der Waals surface area contributed by atoms with Crippen molar-refractivity contribution in [1.82, 2.24) is 24.9 Å². The molecule has 26 heavy (non-hydrogen) atoms. The van der Waals surface area contributed by atoms with Gasteiger partial charge in [0.25, 0.3) is 5.56 Å². The fourth-order valence-corrected chi connectivity index (χ4v) is 2.74. The minimum atomic E-state index is -0.308. The van der Waals surface area contributed by atoms with E-state index in [2.05, 4.69) is 15.3 Å². The minimum Gasteiger partial charge on any atom is -0.334 e. The Morgan fingerprint density at radius 3 is 2.65 bits per heavy atom. The van der Waals surface area contributed by atoms with Crippen molar-refractivity contribution in [2.45, 2.75) is 39.4 Å². The maximum absolute atomic E-state index is 12.9. The van der Waals surface area contributed by atoms with Gasteiger partial charge in [0.15, 0.2) is 0 Å². The Bertz CT molecular complexity index is 955. The highest BCUT2D eigenvalue weighted by Gasteiger charge is 2.21. The number of carbonyl (C=O) groups is 1.